The average Bonchev–Trinajstić information content (AvgIpc) is 3.05. The molecule has 5 nitrogen and oxygen atoms in total. The fourth-order valence-corrected chi connectivity index (χ4v) is 2.92. The third kappa shape index (κ3) is 6.03. The van der Waals surface area contributed by atoms with Crippen LogP contribution in [-0.4, -0.2) is 36.9 Å². The summed E-state index contributed by atoms with van der Waals surface area (Å²) in [6, 6.07) is 5.23. The van der Waals surface area contributed by atoms with Gasteiger partial charge in [0.15, 0.2) is 5.11 Å². The molecule has 1 unspecified atom stereocenters. The molecule has 1 fully saturated rings. The maximum Gasteiger partial charge on any atom is 0.257 e. The quantitative estimate of drug-likeness (QED) is 0.699. The Morgan fingerprint density at radius 3 is 2.92 bits per heavy atom. The Morgan fingerprint density at radius 2 is 2.29 bits per heavy atom. The molecular formula is C17H23BrN2O3S. The first kappa shape index (κ1) is 19.1. The van der Waals surface area contributed by atoms with Gasteiger partial charge in [-0.1, -0.05) is 13.8 Å². The van der Waals surface area contributed by atoms with Crippen molar-refractivity contribution in [1.82, 2.24) is 10.6 Å². The molecule has 2 rings (SSSR count). The highest BCUT2D eigenvalue weighted by molar-refractivity contribution is 9.10. The second-order valence-electron chi connectivity index (χ2n) is 6.15. The van der Waals surface area contributed by atoms with Crippen LogP contribution in [0.25, 0.3) is 0 Å². The number of hydrogen-bond acceptors (Lipinski definition) is 4. The molecule has 0 radical (unpaired) electrons. The molecule has 1 aliphatic rings. The number of carbonyl (C=O) groups is 1. The number of thiocarbonyl (C=S) groups is 1. The van der Waals surface area contributed by atoms with Crippen LogP contribution < -0.4 is 15.4 Å². The minimum Gasteiger partial charge on any atom is -0.492 e. The molecule has 0 aromatic heterocycles. The predicted octanol–water partition coefficient (Wildman–Crippen LogP) is 3.27. The standard InChI is InChI=1S/C17H23BrN2O3S/c1-11(2)10-23-15-6-5-12(8-14(15)18)16(21)20-17(24)19-9-13-4-3-7-22-13/h5-6,8,11,13H,3-4,7,9-10H2,1-2H3,(H2,19,20,21,24). The van der Waals surface area contributed by atoms with Gasteiger partial charge < -0.3 is 14.8 Å². The number of ether oxygens (including phenoxy) is 2. The van der Waals surface area contributed by atoms with Gasteiger partial charge in [0, 0.05) is 18.7 Å². The number of carbonyl (C=O) groups excluding carboxylic acids is 1. The highest BCUT2D eigenvalue weighted by Gasteiger charge is 2.16. The molecule has 1 aromatic carbocycles. The molecule has 1 amide bonds. The lowest BCUT2D eigenvalue weighted by atomic mass is 10.2. The fourth-order valence-electron chi connectivity index (χ4n) is 2.25. The number of rotatable bonds is 6. The minimum atomic E-state index is -0.254. The fraction of sp³-hybridized carbons (Fsp3) is 0.529. The molecule has 2 N–H and O–H groups in total. The van der Waals surface area contributed by atoms with Gasteiger partial charge in [-0.2, -0.15) is 0 Å². The maximum atomic E-state index is 12.2. The van der Waals surface area contributed by atoms with E-state index in [4.69, 9.17) is 21.7 Å². The number of benzene rings is 1. The van der Waals surface area contributed by atoms with Crippen molar-refractivity contribution in [1.29, 1.82) is 0 Å². The van der Waals surface area contributed by atoms with Crippen molar-refractivity contribution in [3.8, 4) is 5.75 Å². The van der Waals surface area contributed by atoms with Crippen LogP contribution in [0.3, 0.4) is 0 Å². The van der Waals surface area contributed by atoms with Crippen molar-refractivity contribution < 1.29 is 14.3 Å². The Hall–Kier alpha value is -1.18. The molecule has 132 valence electrons. The molecule has 24 heavy (non-hydrogen) atoms. The van der Waals surface area contributed by atoms with E-state index in [1.54, 1.807) is 18.2 Å². The zero-order valence-corrected chi connectivity index (χ0v) is 16.3. The largest absolute Gasteiger partial charge is 0.492 e. The molecule has 1 heterocycles. The van der Waals surface area contributed by atoms with Crippen molar-refractivity contribution in [3.05, 3.63) is 28.2 Å². The van der Waals surface area contributed by atoms with Crippen LogP contribution in [0.1, 0.15) is 37.0 Å². The van der Waals surface area contributed by atoms with E-state index in [0.29, 0.717) is 29.7 Å². The van der Waals surface area contributed by atoms with Gasteiger partial charge in [-0.05, 0) is 65.1 Å². The van der Waals surface area contributed by atoms with Gasteiger partial charge >= 0.3 is 0 Å². The summed E-state index contributed by atoms with van der Waals surface area (Å²) in [4.78, 5) is 12.2. The summed E-state index contributed by atoms with van der Waals surface area (Å²) in [6.45, 7) is 6.21. The first-order valence-electron chi connectivity index (χ1n) is 8.09. The summed E-state index contributed by atoms with van der Waals surface area (Å²) >= 11 is 8.60. The first-order valence-corrected chi connectivity index (χ1v) is 9.29. The van der Waals surface area contributed by atoms with Gasteiger partial charge in [0.1, 0.15) is 5.75 Å². The summed E-state index contributed by atoms with van der Waals surface area (Å²) in [5.74, 6) is 0.905. The van der Waals surface area contributed by atoms with E-state index in [1.165, 1.54) is 0 Å². The van der Waals surface area contributed by atoms with Gasteiger partial charge in [0.05, 0.1) is 17.2 Å². The third-order valence-electron chi connectivity index (χ3n) is 3.51. The topological polar surface area (TPSA) is 59.6 Å². The van der Waals surface area contributed by atoms with Crippen LogP contribution in [0.4, 0.5) is 0 Å². The molecular weight excluding hydrogens is 392 g/mol. The SMILES string of the molecule is CC(C)COc1ccc(C(=O)NC(=S)NCC2CCCO2)cc1Br. The Morgan fingerprint density at radius 1 is 1.50 bits per heavy atom. The zero-order valence-electron chi connectivity index (χ0n) is 13.9. The van der Waals surface area contributed by atoms with Gasteiger partial charge in [0.25, 0.3) is 5.91 Å². The first-order chi connectivity index (χ1) is 11.5. The van der Waals surface area contributed by atoms with Gasteiger partial charge in [-0.3, -0.25) is 10.1 Å². The van der Waals surface area contributed by atoms with Crippen molar-refractivity contribution in [2.45, 2.75) is 32.8 Å². The van der Waals surface area contributed by atoms with E-state index in [1.807, 2.05) is 0 Å². The zero-order chi connectivity index (χ0) is 17.5. The summed E-state index contributed by atoms with van der Waals surface area (Å²) in [6.07, 6.45) is 2.27. The third-order valence-corrected chi connectivity index (χ3v) is 4.37. The second-order valence-corrected chi connectivity index (χ2v) is 7.41. The number of nitrogens with one attached hydrogen (secondary N) is 2. The van der Waals surface area contributed by atoms with Crippen LogP contribution in [0.15, 0.2) is 22.7 Å². The average molecular weight is 415 g/mol. The van der Waals surface area contributed by atoms with E-state index in [2.05, 4.69) is 40.4 Å². The lowest BCUT2D eigenvalue weighted by Gasteiger charge is -2.14. The van der Waals surface area contributed by atoms with E-state index < -0.39 is 0 Å². The van der Waals surface area contributed by atoms with E-state index in [-0.39, 0.29) is 12.0 Å². The van der Waals surface area contributed by atoms with Crippen LogP contribution >= 0.6 is 28.1 Å². The van der Waals surface area contributed by atoms with Gasteiger partial charge in [-0.25, -0.2) is 0 Å². The Bertz CT molecular complexity index is 589. The molecule has 0 spiro atoms. The number of amides is 1. The molecule has 7 heteroatoms. The van der Waals surface area contributed by atoms with E-state index in [0.717, 1.165) is 29.7 Å². The lowest BCUT2D eigenvalue weighted by molar-refractivity contribution is 0.0973. The van der Waals surface area contributed by atoms with E-state index >= 15 is 0 Å². The number of halogens is 1. The van der Waals surface area contributed by atoms with Crippen LogP contribution in [-0.2, 0) is 4.74 Å². The highest BCUT2D eigenvalue weighted by Crippen LogP contribution is 2.26. The van der Waals surface area contributed by atoms with Crippen molar-refractivity contribution in [3.63, 3.8) is 0 Å². The molecule has 0 aliphatic carbocycles. The minimum absolute atomic E-state index is 0.173. The molecule has 1 aliphatic heterocycles. The smallest absolute Gasteiger partial charge is 0.257 e. The predicted molar refractivity (Wildman–Crippen MR) is 102 cm³/mol. The highest BCUT2D eigenvalue weighted by atomic mass is 79.9. The Labute approximate surface area is 156 Å². The molecule has 0 bridgehead atoms. The number of hydrogen-bond donors (Lipinski definition) is 2. The summed E-state index contributed by atoms with van der Waals surface area (Å²) in [7, 11) is 0. The lowest BCUT2D eigenvalue weighted by Crippen LogP contribution is -2.42. The summed E-state index contributed by atoms with van der Waals surface area (Å²) < 4.78 is 11.9. The molecule has 1 aromatic rings. The van der Waals surface area contributed by atoms with Crippen molar-refractivity contribution in [2.75, 3.05) is 19.8 Å². The Balaban J connectivity index is 1.84. The maximum absolute atomic E-state index is 12.2. The van der Waals surface area contributed by atoms with Gasteiger partial charge in [0.2, 0.25) is 0 Å². The van der Waals surface area contributed by atoms with Crippen LogP contribution in [0, 0.1) is 5.92 Å². The summed E-state index contributed by atoms with van der Waals surface area (Å²) in [5, 5.41) is 6.02. The van der Waals surface area contributed by atoms with Crippen LogP contribution in [0.2, 0.25) is 0 Å². The molecule has 1 saturated heterocycles. The molecule has 1 atom stereocenters. The van der Waals surface area contributed by atoms with Crippen molar-refractivity contribution >= 4 is 39.2 Å². The summed E-state index contributed by atoms with van der Waals surface area (Å²) in [5.41, 5.74) is 0.514. The second kappa shape index (κ2) is 9.34. The monoisotopic (exact) mass is 414 g/mol. The van der Waals surface area contributed by atoms with E-state index in [9.17, 15) is 4.79 Å². The van der Waals surface area contributed by atoms with Crippen molar-refractivity contribution in [2.24, 2.45) is 5.92 Å². The normalized spacial score (nSPS) is 16.9. The van der Waals surface area contributed by atoms with Crippen LogP contribution in [0.5, 0.6) is 5.75 Å². The molecule has 0 saturated carbocycles. The van der Waals surface area contributed by atoms with Gasteiger partial charge in [-0.15, -0.1) is 0 Å². The Kier molecular flexibility index (Phi) is 7.45.